The van der Waals surface area contributed by atoms with Crippen LogP contribution in [0, 0.1) is 0 Å². The Morgan fingerprint density at radius 3 is 2.34 bits per heavy atom. The number of hydrogen-bond acceptors (Lipinski definition) is 6. The number of benzene rings is 2. The van der Waals surface area contributed by atoms with Crippen LogP contribution in [0.25, 0.3) is 0 Å². The van der Waals surface area contributed by atoms with Crippen LogP contribution < -0.4 is 10.0 Å². The maximum absolute atomic E-state index is 12.6. The summed E-state index contributed by atoms with van der Waals surface area (Å²) in [6, 6.07) is 12.6. The average Bonchev–Trinajstić information content (AvgIpc) is 3.21. The van der Waals surface area contributed by atoms with Crippen molar-refractivity contribution in [2.45, 2.75) is 17.4 Å². The number of nitrogens with zero attached hydrogens (tertiary/aromatic N) is 1. The van der Waals surface area contributed by atoms with Crippen molar-refractivity contribution >= 4 is 38.4 Å². The van der Waals surface area contributed by atoms with E-state index in [0.29, 0.717) is 10.7 Å². The van der Waals surface area contributed by atoms with Crippen LogP contribution in [0.15, 0.2) is 71.1 Å². The molecule has 3 N–H and O–H groups in total. The van der Waals surface area contributed by atoms with Crippen LogP contribution in [0.5, 0.6) is 0 Å². The first-order chi connectivity index (χ1) is 13.8. The summed E-state index contributed by atoms with van der Waals surface area (Å²) in [4.78, 5) is 27.5. The highest BCUT2D eigenvalue weighted by Gasteiger charge is 2.26. The van der Waals surface area contributed by atoms with Gasteiger partial charge in [0.2, 0.25) is 10.0 Å². The molecule has 0 aliphatic heterocycles. The lowest BCUT2D eigenvalue weighted by Crippen LogP contribution is -2.42. The first-order valence-electron chi connectivity index (χ1n) is 8.45. The van der Waals surface area contributed by atoms with Crippen molar-refractivity contribution in [3.63, 3.8) is 0 Å². The van der Waals surface area contributed by atoms with E-state index < -0.39 is 27.9 Å². The number of sulfonamides is 1. The van der Waals surface area contributed by atoms with Crippen molar-refractivity contribution in [3.8, 4) is 0 Å². The summed E-state index contributed by atoms with van der Waals surface area (Å²) in [6.45, 7) is 0. The maximum atomic E-state index is 12.6. The largest absolute Gasteiger partial charge is 0.480 e. The van der Waals surface area contributed by atoms with Crippen LogP contribution in [0.4, 0.5) is 5.13 Å². The van der Waals surface area contributed by atoms with E-state index in [1.807, 2.05) is 0 Å². The fourth-order valence-corrected chi connectivity index (χ4v) is 4.24. The van der Waals surface area contributed by atoms with E-state index in [2.05, 4.69) is 15.0 Å². The number of carbonyl (C=O) groups excluding carboxylic acids is 1. The highest BCUT2D eigenvalue weighted by Crippen LogP contribution is 2.15. The molecule has 2 aromatic carbocycles. The van der Waals surface area contributed by atoms with E-state index in [9.17, 15) is 23.1 Å². The smallest absolute Gasteiger partial charge is 0.322 e. The van der Waals surface area contributed by atoms with Gasteiger partial charge in [-0.1, -0.05) is 30.3 Å². The summed E-state index contributed by atoms with van der Waals surface area (Å²) < 4.78 is 27.4. The fraction of sp³-hybridized carbons (Fsp3) is 0.105. The molecule has 0 radical (unpaired) electrons. The zero-order valence-electron chi connectivity index (χ0n) is 15.0. The Kier molecular flexibility index (Phi) is 6.37. The number of carboxylic acids is 1. The molecular formula is C19H17N3O5S2. The number of anilines is 1. The topological polar surface area (TPSA) is 125 Å². The number of carbonyl (C=O) groups is 2. The molecule has 0 aliphatic rings. The van der Waals surface area contributed by atoms with Gasteiger partial charge in [-0.15, -0.1) is 11.3 Å². The molecule has 0 unspecified atom stereocenters. The summed E-state index contributed by atoms with van der Waals surface area (Å²) in [5.74, 6) is -1.71. The van der Waals surface area contributed by atoms with Gasteiger partial charge in [-0.2, -0.15) is 4.72 Å². The van der Waals surface area contributed by atoms with Gasteiger partial charge in [0.1, 0.15) is 6.04 Å². The molecule has 10 heteroatoms. The van der Waals surface area contributed by atoms with E-state index in [4.69, 9.17) is 0 Å². The molecule has 0 aliphatic carbocycles. The van der Waals surface area contributed by atoms with Crippen LogP contribution >= 0.6 is 11.3 Å². The van der Waals surface area contributed by atoms with Crippen molar-refractivity contribution < 1.29 is 23.1 Å². The van der Waals surface area contributed by atoms with Gasteiger partial charge in [0.15, 0.2) is 5.13 Å². The number of amides is 1. The van der Waals surface area contributed by atoms with E-state index in [1.54, 1.807) is 41.9 Å². The third-order valence-corrected chi connectivity index (χ3v) is 6.13. The molecule has 150 valence electrons. The molecular weight excluding hydrogens is 414 g/mol. The van der Waals surface area contributed by atoms with E-state index in [-0.39, 0.29) is 16.9 Å². The lowest BCUT2D eigenvalue weighted by molar-refractivity contribution is -0.138. The minimum absolute atomic E-state index is 0.00368. The number of nitrogens with one attached hydrogen (secondary N) is 2. The monoisotopic (exact) mass is 431 g/mol. The minimum atomic E-state index is -4.09. The number of aromatic nitrogens is 1. The lowest BCUT2D eigenvalue weighted by Gasteiger charge is -2.15. The normalized spacial score (nSPS) is 12.3. The highest BCUT2D eigenvalue weighted by molar-refractivity contribution is 7.89. The van der Waals surface area contributed by atoms with Crippen molar-refractivity contribution in [2.75, 3.05) is 5.32 Å². The van der Waals surface area contributed by atoms with Gasteiger partial charge in [0, 0.05) is 17.1 Å². The molecule has 3 rings (SSSR count). The average molecular weight is 431 g/mol. The van der Waals surface area contributed by atoms with Crippen LogP contribution in [0.3, 0.4) is 0 Å². The standard InChI is InChI=1S/C19H17N3O5S2/c23-17(21-19-20-10-11-28-19)14-6-8-15(9-7-14)29(26,27)22-16(18(24)25)12-13-4-2-1-3-5-13/h1-11,16,22H,12H2,(H,24,25)(H,20,21,23)/t16-/m0/s1. The summed E-state index contributed by atoms with van der Waals surface area (Å²) in [7, 11) is -4.09. The third kappa shape index (κ3) is 5.47. The molecule has 3 aromatic rings. The van der Waals surface area contributed by atoms with Crippen LogP contribution in [0.2, 0.25) is 0 Å². The molecule has 1 aromatic heterocycles. The second-order valence-electron chi connectivity index (χ2n) is 6.02. The van der Waals surface area contributed by atoms with Crippen molar-refractivity contribution in [2.24, 2.45) is 0 Å². The Labute approximate surface area is 171 Å². The van der Waals surface area contributed by atoms with Crippen molar-refractivity contribution in [1.82, 2.24) is 9.71 Å². The summed E-state index contributed by atoms with van der Waals surface area (Å²) >= 11 is 1.26. The Morgan fingerprint density at radius 2 is 1.76 bits per heavy atom. The lowest BCUT2D eigenvalue weighted by atomic mass is 10.1. The predicted octanol–water partition coefficient (Wildman–Crippen LogP) is 2.37. The van der Waals surface area contributed by atoms with Gasteiger partial charge < -0.3 is 5.11 Å². The zero-order valence-corrected chi connectivity index (χ0v) is 16.6. The first kappa shape index (κ1) is 20.6. The second kappa shape index (κ2) is 8.95. The van der Waals surface area contributed by atoms with Crippen LogP contribution in [0.1, 0.15) is 15.9 Å². The van der Waals surface area contributed by atoms with E-state index in [0.717, 1.165) is 0 Å². The number of aliphatic carboxylic acids is 1. The van der Waals surface area contributed by atoms with Crippen molar-refractivity contribution in [1.29, 1.82) is 0 Å². The number of hydrogen-bond donors (Lipinski definition) is 3. The molecule has 0 saturated carbocycles. The van der Waals surface area contributed by atoms with Crippen LogP contribution in [-0.4, -0.2) is 36.4 Å². The molecule has 8 nitrogen and oxygen atoms in total. The fourth-order valence-electron chi connectivity index (χ4n) is 2.52. The first-order valence-corrected chi connectivity index (χ1v) is 10.8. The minimum Gasteiger partial charge on any atom is -0.480 e. The Balaban J connectivity index is 1.72. The Bertz CT molecular complexity index is 1080. The molecule has 0 bridgehead atoms. The van der Waals surface area contributed by atoms with Crippen LogP contribution in [-0.2, 0) is 21.2 Å². The quantitative estimate of drug-likeness (QED) is 0.503. The van der Waals surface area contributed by atoms with Gasteiger partial charge in [0.25, 0.3) is 5.91 Å². The molecule has 0 saturated heterocycles. The maximum Gasteiger partial charge on any atom is 0.322 e. The number of thiazole rings is 1. The molecule has 1 heterocycles. The summed E-state index contributed by atoms with van der Waals surface area (Å²) in [5.41, 5.74) is 0.940. The van der Waals surface area contributed by atoms with E-state index in [1.165, 1.54) is 35.6 Å². The van der Waals surface area contributed by atoms with Gasteiger partial charge in [0.05, 0.1) is 4.90 Å². The number of carboxylic acid groups (broad SMARTS) is 1. The number of rotatable bonds is 8. The Morgan fingerprint density at radius 1 is 1.07 bits per heavy atom. The van der Waals surface area contributed by atoms with Gasteiger partial charge in [-0.05, 0) is 36.2 Å². The third-order valence-electron chi connectivity index (χ3n) is 3.96. The predicted molar refractivity (Wildman–Crippen MR) is 108 cm³/mol. The summed E-state index contributed by atoms with van der Waals surface area (Å²) in [6.07, 6.45) is 1.56. The van der Waals surface area contributed by atoms with Crippen molar-refractivity contribution in [3.05, 3.63) is 77.3 Å². The van der Waals surface area contributed by atoms with Gasteiger partial charge >= 0.3 is 5.97 Å². The Hall–Kier alpha value is -3.08. The SMILES string of the molecule is O=C(Nc1nccs1)c1ccc(S(=O)(=O)N[C@@H](Cc2ccccc2)C(=O)O)cc1. The van der Waals surface area contributed by atoms with E-state index >= 15 is 0 Å². The molecule has 0 fully saturated rings. The molecule has 1 amide bonds. The second-order valence-corrected chi connectivity index (χ2v) is 8.63. The highest BCUT2D eigenvalue weighted by atomic mass is 32.2. The van der Waals surface area contributed by atoms with Gasteiger partial charge in [-0.25, -0.2) is 13.4 Å². The summed E-state index contributed by atoms with van der Waals surface area (Å²) in [5, 5.41) is 14.1. The molecule has 1 atom stereocenters. The van der Waals surface area contributed by atoms with Gasteiger partial charge in [-0.3, -0.25) is 14.9 Å². The molecule has 29 heavy (non-hydrogen) atoms. The molecule has 0 spiro atoms. The zero-order chi connectivity index (χ0) is 20.9.